The Morgan fingerprint density at radius 2 is 2.25 bits per heavy atom. The van der Waals surface area contributed by atoms with E-state index in [1.807, 2.05) is 19.1 Å². The van der Waals surface area contributed by atoms with Crippen LogP contribution in [0, 0.1) is 0 Å². The van der Waals surface area contributed by atoms with Gasteiger partial charge in [-0.1, -0.05) is 6.08 Å². The molecule has 0 spiro atoms. The molecule has 0 saturated carbocycles. The zero-order valence-corrected chi connectivity index (χ0v) is 11.7. The maximum atomic E-state index is 11.6. The number of hydrogen-bond donors (Lipinski definition) is 0. The van der Waals surface area contributed by atoms with Crippen molar-refractivity contribution in [3.05, 3.63) is 42.4 Å². The van der Waals surface area contributed by atoms with E-state index in [0.29, 0.717) is 24.7 Å². The second kappa shape index (κ2) is 9.89. The highest BCUT2D eigenvalue weighted by Gasteiger charge is 2.00. The molecule has 0 saturated heterocycles. The molecule has 0 fully saturated rings. The van der Waals surface area contributed by atoms with Crippen molar-refractivity contribution in [3.8, 4) is 0 Å². The summed E-state index contributed by atoms with van der Waals surface area (Å²) in [6.45, 7) is 2.63. The van der Waals surface area contributed by atoms with Crippen molar-refractivity contribution in [1.29, 1.82) is 0 Å². The molecule has 20 heavy (non-hydrogen) atoms. The van der Waals surface area contributed by atoms with Gasteiger partial charge in [-0.2, -0.15) is 0 Å². The van der Waals surface area contributed by atoms with Crippen LogP contribution in [0.4, 0.5) is 0 Å². The Kier molecular flexibility index (Phi) is 7.95. The van der Waals surface area contributed by atoms with Crippen LogP contribution in [0.5, 0.6) is 0 Å². The maximum absolute atomic E-state index is 11.6. The largest absolute Gasteiger partial charge is 0.465 e. The molecular weight excluding hydrogens is 258 g/mol. The summed E-state index contributed by atoms with van der Waals surface area (Å²) in [6.07, 6.45) is 8.60. The molecule has 0 bridgehead atoms. The summed E-state index contributed by atoms with van der Waals surface area (Å²) in [7, 11) is 1.58. The van der Waals surface area contributed by atoms with E-state index in [0.717, 1.165) is 0 Å². The van der Waals surface area contributed by atoms with Gasteiger partial charge in [0.25, 0.3) is 5.91 Å². The first-order valence-electron chi connectivity index (χ1n) is 6.28. The predicted molar refractivity (Wildman–Crippen MR) is 77.7 cm³/mol. The van der Waals surface area contributed by atoms with Gasteiger partial charge < -0.3 is 13.9 Å². The normalized spacial score (nSPS) is 12.6. The number of amides is 1. The number of rotatable bonds is 8. The van der Waals surface area contributed by atoms with E-state index in [1.165, 1.54) is 0 Å². The number of carbonyl (C=O) groups is 1. The van der Waals surface area contributed by atoms with Crippen molar-refractivity contribution in [3.63, 3.8) is 0 Å². The lowest BCUT2D eigenvalue weighted by molar-refractivity contribution is -0.122. The minimum Gasteiger partial charge on any atom is -0.465 e. The molecule has 0 aromatic carbocycles. The van der Waals surface area contributed by atoms with Gasteiger partial charge in [-0.05, 0) is 37.3 Å². The topological polar surface area (TPSA) is 61.0 Å². The zero-order valence-electron chi connectivity index (χ0n) is 11.7. The van der Waals surface area contributed by atoms with Crippen LogP contribution in [0.15, 0.2) is 46.0 Å². The van der Waals surface area contributed by atoms with Crippen LogP contribution >= 0.6 is 0 Å². The van der Waals surface area contributed by atoms with Crippen LogP contribution in [0.25, 0.3) is 6.08 Å². The molecule has 1 aromatic heterocycles. The van der Waals surface area contributed by atoms with Gasteiger partial charge in [0.05, 0.1) is 25.2 Å². The highest BCUT2D eigenvalue weighted by Crippen LogP contribution is 2.03. The molecule has 1 amide bonds. The number of furan rings is 1. The average Bonchev–Trinajstić information content (AvgIpc) is 2.94. The van der Waals surface area contributed by atoms with Crippen LogP contribution in [0.1, 0.15) is 12.7 Å². The van der Waals surface area contributed by atoms with Crippen molar-refractivity contribution < 1.29 is 18.7 Å². The van der Waals surface area contributed by atoms with E-state index in [9.17, 15) is 4.79 Å². The summed E-state index contributed by atoms with van der Waals surface area (Å²) < 4.78 is 15.1. The molecule has 0 aliphatic rings. The van der Waals surface area contributed by atoms with Crippen LogP contribution in [-0.4, -0.2) is 38.5 Å². The molecular formula is C15H19NO4. The van der Waals surface area contributed by atoms with Gasteiger partial charge in [0, 0.05) is 7.11 Å². The molecule has 5 nitrogen and oxygen atoms in total. The van der Waals surface area contributed by atoms with E-state index < -0.39 is 0 Å². The Morgan fingerprint density at radius 3 is 2.90 bits per heavy atom. The summed E-state index contributed by atoms with van der Waals surface area (Å²) in [6, 6.07) is 3.61. The van der Waals surface area contributed by atoms with Crippen molar-refractivity contribution >= 4 is 17.7 Å². The lowest BCUT2D eigenvalue weighted by atomic mass is 10.3. The molecule has 0 atom stereocenters. The fraction of sp³-hybridized carbons (Fsp3) is 0.333. The van der Waals surface area contributed by atoms with Gasteiger partial charge in [0.1, 0.15) is 12.4 Å². The highest BCUT2D eigenvalue weighted by molar-refractivity contribution is 6.11. The summed E-state index contributed by atoms with van der Waals surface area (Å²) in [5, 5.41) is 0. The van der Waals surface area contributed by atoms with Gasteiger partial charge >= 0.3 is 0 Å². The quantitative estimate of drug-likeness (QED) is 0.541. The van der Waals surface area contributed by atoms with E-state index in [-0.39, 0.29) is 12.5 Å². The average molecular weight is 277 g/mol. The summed E-state index contributed by atoms with van der Waals surface area (Å²) in [5.74, 6) is 0.365. The number of carbonyl (C=O) groups excluding carboxylic acids is 1. The number of hydrogen-bond acceptors (Lipinski definition) is 4. The van der Waals surface area contributed by atoms with Gasteiger partial charge in [-0.3, -0.25) is 4.79 Å². The van der Waals surface area contributed by atoms with Crippen molar-refractivity contribution in [2.45, 2.75) is 6.92 Å². The standard InChI is InChI=1S/C15H19NO4/c1-3-5-13(7-8-14-6-4-9-20-14)16-15(17)12-19-11-10-18-2/h3-9H,10-12H2,1-2H3/b5-3-,8-7+,16-13+. The van der Waals surface area contributed by atoms with E-state index in [1.54, 1.807) is 37.7 Å². The summed E-state index contributed by atoms with van der Waals surface area (Å²) in [4.78, 5) is 15.6. The molecule has 5 heteroatoms. The number of nitrogens with zero attached hydrogens (tertiary/aromatic N) is 1. The lowest BCUT2D eigenvalue weighted by Gasteiger charge is -2.00. The number of methoxy groups -OCH3 is 1. The Bertz CT molecular complexity index is 472. The minimum atomic E-state index is -0.335. The molecule has 1 heterocycles. The monoisotopic (exact) mass is 277 g/mol. The van der Waals surface area contributed by atoms with Gasteiger partial charge in [-0.25, -0.2) is 4.99 Å². The Hall–Kier alpha value is -1.98. The van der Waals surface area contributed by atoms with Crippen molar-refractivity contribution in [2.75, 3.05) is 26.9 Å². The first kappa shape index (κ1) is 16.1. The van der Waals surface area contributed by atoms with Crippen LogP contribution in [0.2, 0.25) is 0 Å². The molecule has 1 aromatic rings. The number of aliphatic imine (C=N–C) groups is 1. The van der Waals surface area contributed by atoms with E-state index >= 15 is 0 Å². The number of ether oxygens (including phenoxy) is 2. The molecule has 0 unspecified atom stereocenters. The third kappa shape index (κ3) is 6.82. The predicted octanol–water partition coefficient (Wildman–Crippen LogP) is 2.50. The smallest absolute Gasteiger partial charge is 0.272 e. The van der Waals surface area contributed by atoms with Crippen LogP contribution < -0.4 is 0 Å². The summed E-state index contributed by atoms with van der Waals surface area (Å²) >= 11 is 0. The fourth-order valence-electron chi connectivity index (χ4n) is 1.33. The SMILES string of the molecule is C\C=C/C(/C=C/c1ccco1)=N\C(=O)COCCOC. The van der Waals surface area contributed by atoms with Crippen LogP contribution in [0.3, 0.4) is 0 Å². The second-order valence-corrected chi connectivity index (χ2v) is 3.82. The van der Waals surface area contributed by atoms with Gasteiger partial charge in [0.15, 0.2) is 0 Å². The fourth-order valence-corrected chi connectivity index (χ4v) is 1.33. The highest BCUT2D eigenvalue weighted by atomic mass is 16.5. The zero-order chi connectivity index (χ0) is 14.6. The Labute approximate surface area is 118 Å². The second-order valence-electron chi connectivity index (χ2n) is 3.82. The Morgan fingerprint density at radius 1 is 1.40 bits per heavy atom. The third-order valence-corrected chi connectivity index (χ3v) is 2.21. The van der Waals surface area contributed by atoms with Crippen molar-refractivity contribution in [1.82, 2.24) is 0 Å². The third-order valence-electron chi connectivity index (χ3n) is 2.21. The van der Waals surface area contributed by atoms with Crippen LogP contribution in [-0.2, 0) is 14.3 Å². The first-order valence-corrected chi connectivity index (χ1v) is 6.28. The lowest BCUT2D eigenvalue weighted by Crippen LogP contribution is -2.11. The minimum absolute atomic E-state index is 0.0565. The first-order chi connectivity index (χ1) is 9.76. The Balaban J connectivity index is 2.55. The van der Waals surface area contributed by atoms with E-state index in [4.69, 9.17) is 13.9 Å². The molecule has 0 aliphatic heterocycles. The van der Waals surface area contributed by atoms with E-state index in [2.05, 4.69) is 4.99 Å². The maximum Gasteiger partial charge on any atom is 0.272 e. The molecule has 1 rings (SSSR count). The molecule has 108 valence electrons. The van der Waals surface area contributed by atoms with Gasteiger partial charge in [-0.15, -0.1) is 0 Å². The summed E-state index contributed by atoms with van der Waals surface area (Å²) in [5.41, 5.74) is 0.546. The van der Waals surface area contributed by atoms with Crippen molar-refractivity contribution in [2.24, 2.45) is 4.99 Å². The molecule has 0 N–H and O–H groups in total. The number of allylic oxidation sites excluding steroid dienone is 3. The molecule has 0 aliphatic carbocycles. The molecule has 0 radical (unpaired) electrons. The van der Waals surface area contributed by atoms with Gasteiger partial charge in [0.2, 0.25) is 0 Å².